The van der Waals surface area contributed by atoms with Crippen molar-refractivity contribution in [1.29, 1.82) is 0 Å². The van der Waals surface area contributed by atoms with Gasteiger partial charge in [0, 0.05) is 0 Å². The Morgan fingerprint density at radius 2 is 2.30 bits per heavy atom. The lowest BCUT2D eigenvalue weighted by Crippen LogP contribution is -1.76. The lowest BCUT2D eigenvalue weighted by atomic mass is 10.5. The van der Waals surface area contributed by atoms with Crippen LogP contribution in [0.4, 0.5) is 0 Å². The fourth-order valence-corrected chi connectivity index (χ4v) is 1.39. The van der Waals surface area contributed by atoms with Crippen LogP contribution in [0.3, 0.4) is 0 Å². The minimum atomic E-state index is 0.666. The molecule has 2 heterocycles. The molecule has 6 heteroatoms. The quantitative estimate of drug-likeness (QED) is 0.642. The SMILES string of the molecule is c1nc(-c2cnsn2)ns1. The lowest BCUT2D eigenvalue weighted by molar-refractivity contribution is 1.29. The Kier molecular flexibility index (Phi) is 1.40. The highest BCUT2D eigenvalue weighted by atomic mass is 32.1. The van der Waals surface area contributed by atoms with Gasteiger partial charge >= 0.3 is 0 Å². The standard InChI is InChI=1S/C4H2N4S2/c1-3(7-10-6-1)4-5-2-9-8-4/h1-2H. The third kappa shape index (κ3) is 0.910. The number of nitrogens with zero attached hydrogens (tertiary/aromatic N) is 4. The molecule has 0 amide bonds. The molecule has 4 nitrogen and oxygen atoms in total. The maximum atomic E-state index is 3.99. The van der Waals surface area contributed by atoms with Crippen LogP contribution in [0.25, 0.3) is 11.5 Å². The van der Waals surface area contributed by atoms with E-state index in [1.807, 2.05) is 0 Å². The number of hydrogen-bond donors (Lipinski definition) is 0. The molecule has 2 aromatic rings. The van der Waals surface area contributed by atoms with Crippen LogP contribution in [-0.4, -0.2) is 18.1 Å². The van der Waals surface area contributed by atoms with Gasteiger partial charge in [0.15, 0.2) is 5.82 Å². The molecule has 50 valence electrons. The van der Waals surface area contributed by atoms with Gasteiger partial charge < -0.3 is 0 Å². The van der Waals surface area contributed by atoms with E-state index in [2.05, 4.69) is 18.1 Å². The van der Waals surface area contributed by atoms with Gasteiger partial charge in [-0.1, -0.05) is 0 Å². The molecule has 0 spiro atoms. The van der Waals surface area contributed by atoms with E-state index in [-0.39, 0.29) is 0 Å². The van der Waals surface area contributed by atoms with E-state index >= 15 is 0 Å². The molecule has 10 heavy (non-hydrogen) atoms. The van der Waals surface area contributed by atoms with Crippen LogP contribution in [0.5, 0.6) is 0 Å². The van der Waals surface area contributed by atoms with E-state index < -0.39 is 0 Å². The third-order valence-corrected chi connectivity index (χ3v) is 1.91. The summed E-state index contributed by atoms with van der Waals surface area (Å²) in [6.07, 6.45) is 1.66. The van der Waals surface area contributed by atoms with E-state index in [1.165, 1.54) is 11.5 Å². The van der Waals surface area contributed by atoms with Crippen LogP contribution >= 0.6 is 23.3 Å². The molecule has 0 N–H and O–H groups in total. The summed E-state index contributed by atoms with van der Waals surface area (Å²) in [5.41, 5.74) is 2.43. The Balaban J connectivity index is 2.48. The molecule has 0 aromatic carbocycles. The van der Waals surface area contributed by atoms with Crippen molar-refractivity contribution in [3.8, 4) is 11.5 Å². The van der Waals surface area contributed by atoms with Crippen molar-refractivity contribution in [2.24, 2.45) is 0 Å². The largest absolute Gasteiger partial charge is 0.222 e. The van der Waals surface area contributed by atoms with Crippen molar-refractivity contribution in [3.05, 3.63) is 11.7 Å². The van der Waals surface area contributed by atoms with Crippen molar-refractivity contribution in [2.75, 3.05) is 0 Å². The van der Waals surface area contributed by atoms with E-state index in [4.69, 9.17) is 0 Å². The summed E-state index contributed by atoms with van der Waals surface area (Å²) in [7, 11) is 0. The number of hydrogen-bond acceptors (Lipinski definition) is 6. The molecule has 0 radical (unpaired) electrons. The summed E-state index contributed by atoms with van der Waals surface area (Å²) in [5.74, 6) is 0.666. The zero-order chi connectivity index (χ0) is 6.81. The first-order valence-corrected chi connectivity index (χ1v) is 4.08. The highest BCUT2D eigenvalue weighted by molar-refractivity contribution is 7.03. The summed E-state index contributed by atoms with van der Waals surface area (Å²) in [6.45, 7) is 0. The fraction of sp³-hybridized carbons (Fsp3) is 0. The second kappa shape index (κ2) is 2.39. The Morgan fingerprint density at radius 3 is 2.90 bits per heavy atom. The van der Waals surface area contributed by atoms with Crippen LogP contribution in [0.1, 0.15) is 0 Å². The molecule has 2 rings (SSSR count). The van der Waals surface area contributed by atoms with Gasteiger partial charge in [0.05, 0.1) is 17.9 Å². The second-order valence-corrected chi connectivity index (χ2v) is 2.71. The lowest BCUT2D eigenvalue weighted by Gasteiger charge is -1.78. The predicted molar refractivity (Wildman–Crippen MR) is 38.8 cm³/mol. The molecule has 0 saturated carbocycles. The van der Waals surface area contributed by atoms with Crippen LogP contribution in [0.15, 0.2) is 11.7 Å². The van der Waals surface area contributed by atoms with E-state index in [9.17, 15) is 0 Å². The molecular weight excluding hydrogens is 168 g/mol. The van der Waals surface area contributed by atoms with Crippen LogP contribution in [0, 0.1) is 0 Å². The summed E-state index contributed by atoms with van der Waals surface area (Å²) < 4.78 is 11.8. The smallest absolute Gasteiger partial charge is 0.194 e. The topological polar surface area (TPSA) is 51.6 Å². The summed E-state index contributed by atoms with van der Waals surface area (Å²) >= 11 is 2.48. The van der Waals surface area contributed by atoms with Gasteiger partial charge in [-0.2, -0.15) is 13.1 Å². The van der Waals surface area contributed by atoms with Crippen molar-refractivity contribution in [1.82, 2.24) is 18.1 Å². The minimum Gasteiger partial charge on any atom is -0.222 e. The van der Waals surface area contributed by atoms with Gasteiger partial charge in [0.1, 0.15) is 11.2 Å². The maximum absolute atomic E-state index is 3.99. The first kappa shape index (κ1) is 5.87. The van der Waals surface area contributed by atoms with Gasteiger partial charge in [-0.15, -0.1) is 0 Å². The molecule has 2 aromatic heterocycles. The first-order chi connectivity index (χ1) is 4.97. The first-order valence-electron chi connectivity index (χ1n) is 2.51. The Morgan fingerprint density at radius 1 is 1.30 bits per heavy atom. The highest BCUT2D eigenvalue weighted by Crippen LogP contribution is 2.11. The van der Waals surface area contributed by atoms with Gasteiger partial charge in [-0.05, 0) is 11.5 Å². The normalized spacial score (nSPS) is 10.0. The molecular formula is C4H2N4S2. The second-order valence-electron chi connectivity index (χ2n) is 1.55. The summed E-state index contributed by atoms with van der Waals surface area (Å²) in [4.78, 5) is 3.97. The van der Waals surface area contributed by atoms with Gasteiger partial charge in [0.25, 0.3) is 0 Å². The minimum absolute atomic E-state index is 0.666. The van der Waals surface area contributed by atoms with E-state index in [0.29, 0.717) is 5.82 Å². The molecule has 0 aliphatic rings. The maximum Gasteiger partial charge on any atom is 0.194 e. The molecule has 0 fully saturated rings. The average Bonchev–Trinajstić information content (AvgIpc) is 2.59. The Bertz CT molecular complexity index is 255. The van der Waals surface area contributed by atoms with E-state index in [0.717, 1.165) is 17.4 Å². The zero-order valence-electron chi connectivity index (χ0n) is 4.76. The Labute approximate surface area is 65.1 Å². The molecule has 0 aliphatic heterocycles. The van der Waals surface area contributed by atoms with Crippen LogP contribution < -0.4 is 0 Å². The molecule has 0 atom stereocenters. The van der Waals surface area contributed by atoms with Gasteiger partial charge in [-0.25, -0.2) is 4.98 Å². The Hall–Kier alpha value is -0.880. The third-order valence-electron chi connectivity index (χ3n) is 0.952. The molecule has 0 aliphatic carbocycles. The predicted octanol–water partition coefficient (Wildman–Crippen LogP) is 1.06. The fourth-order valence-electron chi connectivity index (χ4n) is 0.547. The molecule has 0 bridgehead atoms. The van der Waals surface area contributed by atoms with Crippen LogP contribution in [-0.2, 0) is 0 Å². The van der Waals surface area contributed by atoms with Gasteiger partial charge in [-0.3, -0.25) is 0 Å². The van der Waals surface area contributed by atoms with E-state index in [1.54, 1.807) is 11.7 Å². The van der Waals surface area contributed by atoms with Crippen molar-refractivity contribution < 1.29 is 0 Å². The summed E-state index contributed by atoms with van der Waals surface area (Å²) in [6, 6.07) is 0. The van der Waals surface area contributed by atoms with Crippen molar-refractivity contribution in [2.45, 2.75) is 0 Å². The van der Waals surface area contributed by atoms with Crippen LogP contribution in [0.2, 0.25) is 0 Å². The highest BCUT2D eigenvalue weighted by Gasteiger charge is 2.02. The monoisotopic (exact) mass is 170 g/mol. The summed E-state index contributed by atoms with van der Waals surface area (Å²) in [5, 5.41) is 0. The molecule has 0 unspecified atom stereocenters. The van der Waals surface area contributed by atoms with Crippen molar-refractivity contribution in [3.63, 3.8) is 0 Å². The number of rotatable bonds is 1. The number of aromatic nitrogens is 4. The average molecular weight is 170 g/mol. The van der Waals surface area contributed by atoms with Crippen molar-refractivity contribution >= 4 is 23.3 Å². The molecule has 0 saturated heterocycles. The zero-order valence-corrected chi connectivity index (χ0v) is 6.39. The van der Waals surface area contributed by atoms with Gasteiger partial charge in [0.2, 0.25) is 0 Å².